The van der Waals surface area contributed by atoms with Crippen molar-refractivity contribution in [2.24, 2.45) is 0 Å². The SMILES string of the molecule is CCN(CC)C(=O)/C(=C\C(F)(F)F)c1ccc(OC)cc1. The smallest absolute Gasteiger partial charge is 0.410 e. The molecule has 0 fully saturated rings. The monoisotopic (exact) mass is 301 g/mol. The summed E-state index contributed by atoms with van der Waals surface area (Å²) in [6.45, 7) is 4.14. The molecule has 0 aliphatic rings. The van der Waals surface area contributed by atoms with Crippen molar-refractivity contribution in [1.82, 2.24) is 4.90 Å². The number of rotatable bonds is 5. The third kappa shape index (κ3) is 4.81. The highest BCUT2D eigenvalue weighted by molar-refractivity contribution is 6.19. The molecule has 0 unspecified atom stereocenters. The van der Waals surface area contributed by atoms with Crippen LogP contribution in [0.5, 0.6) is 5.75 Å². The zero-order valence-corrected chi connectivity index (χ0v) is 12.2. The summed E-state index contributed by atoms with van der Waals surface area (Å²) in [7, 11) is 1.46. The molecule has 116 valence electrons. The van der Waals surface area contributed by atoms with Gasteiger partial charge in [0, 0.05) is 19.2 Å². The zero-order chi connectivity index (χ0) is 16.0. The minimum atomic E-state index is -4.56. The average molecular weight is 301 g/mol. The van der Waals surface area contributed by atoms with Crippen LogP contribution in [0.25, 0.3) is 5.57 Å². The van der Waals surface area contributed by atoms with Crippen LogP contribution >= 0.6 is 0 Å². The van der Waals surface area contributed by atoms with E-state index in [1.54, 1.807) is 13.8 Å². The summed E-state index contributed by atoms with van der Waals surface area (Å²) in [5.41, 5.74) is -0.154. The van der Waals surface area contributed by atoms with Gasteiger partial charge in [0.2, 0.25) is 0 Å². The standard InChI is InChI=1S/C15H18F3NO2/c1-4-19(5-2)14(20)13(10-15(16,17)18)11-6-8-12(21-3)9-7-11/h6-10H,4-5H2,1-3H3/b13-10-. The summed E-state index contributed by atoms with van der Waals surface area (Å²) in [5.74, 6) is -0.122. The van der Waals surface area contributed by atoms with E-state index in [4.69, 9.17) is 4.74 Å². The molecule has 1 aromatic carbocycles. The molecule has 0 aliphatic heterocycles. The second-order valence-corrected chi connectivity index (χ2v) is 4.31. The highest BCUT2D eigenvalue weighted by atomic mass is 19.4. The number of alkyl halides is 3. The van der Waals surface area contributed by atoms with Gasteiger partial charge >= 0.3 is 6.18 Å². The maximum Gasteiger partial charge on any atom is 0.410 e. The van der Waals surface area contributed by atoms with Crippen molar-refractivity contribution in [3.63, 3.8) is 0 Å². The lowest BCUT2D eigenvalue weighted by atomic mass is 10.0. The van der Waals surface area contributed by atoms with Crippen LogP contribution in [0.3, 0.4) is 0 Å². The summed E-state index contributed by atoms with van der Waals surface area (Å²) in [6.07, 6.45) is -4.51. The van der Waals surface area contributed by atoms with Crippen LogP contribution < -0.4 is 4.74 Å². The fraction of sp³-hybridized carbons (Fsp3) is 0.400. The molecule has 0 atom stereocenters. The molecule has 1 rings (SSSR count). The molecular formula is C15H18F3NO2. The van der Waals surface area contributed by atoms with E-state index in [0.717, 1.165) is 0 Å². The number of amides is 1. The molecule has 0 aromatic heterocycles. The van der Waals surface area contributed by atoms with Crippen LogP contribution in [0.1, 0.15) is 19.4 Å². The Morgan fingerprint density at radius 1 is 1.19 bits per heavy atom. The average Bonchev–Trinajstić information content (AvgIpc) is 2.45. The van der Waals surface area contributed by atoms with Gasteiger partial charge in [-0.2, -0.15) is 13.2 Å². The summed E-state index contributed by atoms with van der Waals surface area (Å²) >= 11 is 0. The van der Waals surface area contributed by atoms with Gasteiger partial charge in [-0.05, 0) is 31.5 Å². The molecule has 0 radical (unpaired) electrons. The van der Waals surface area contributed by atoms with E-state index in [-0.39, 0.29) is 17.2 Å². The molecule has 0 spiro atoms. The van der Waals surface area contributed by atoms with Crippen LogP contribution in [0.4, 0.5) is 13.2 Å². The Hall–Kier alpha value is -1.98. The zero-order valence-electron chi connectivity index (χ0n) is 12.2. The van der Waals surface area contributed by atoms with Crippen molar-refractivity contribution >= 4 is 11.5 Å². The van der Waals surface area contributed by atoms with Crippen molar-refractivity contribution in [3.05, 3.63) is 35.9 Å². The fourth-order valence-electron chi connectivity index (χ4n) is 1.88. The minimum absolute atomic E-state index is 0.0511. The number of ether oxygens (including phenoxy) is 1. The summed E-state index contributed by atoms with van der Waals surface area (Å²) in [5, 5.41) is 0. The van der Waals surface area contributed by atoms with E-state index in [0.29, 0.717) is 18.8 Å². The Labute approximate surface area is 122 Å². The van der Waals surface area contributed by atoms with Crippen LogP contribution in [-0.2, 0) is 4.79 Å². The number of nitrogens with zero attached hydrogens (tertiary/aromatic N) is 1. The van der Waals surface area contributed by atoms with Gasteiger partial charge in [-0.25, -0.2) is 0 Å². The van der Waals surface area contributed by atoms with Crippen LogP contribution in [0.15, 0.2) is 30.3 Å². The number of likely N-dealkylation sites (N-methyl/N-ethyl adjacent to an activating group) is 1. The summed E-state index contributed by atoms with van der Waals surface area (Å²) in [6, 6.07) is 5.93. The molecule has 3 nitrogen and oxygen atoms in total. The van der Waals surface area contributed by atoms with Gasteiger partial charge in [-0.1, -0.05) is 12.1 Å². The number of allylic oxidation sites excluding steroid dienone is 1. The Kier molecular flexibility index (Phi) is 5.81. The molecule has 0 heterocycles. The Morgan fingerprint density at radius 3 is 2.10 bits per heavy atom. The molecule has 0 bridgehead atoms. The number of methoxy groups -OCH3 is 1. The molecule has 21 heavy (non-hydrogen) atoms. The Morgan fingerprint density at radius 2 is 1.71 bits per heavy atom. The van der Waals surface area contributed by atoms with Crippen molar-refractivity contribution in [1.29, 1.82) is 0 Å². The molecule has 1 amide bonds. The lowest BCUT2D eigenvalue weighted by molar-refractivity contribution is -0.125. The van der Waals surface area contributed by atoms with Crippen molar-refractivity contribution < 1.29 is 22.7 Å². The molecule has 0 aliphatic carbocycles. The van der Waals surface area contributed by atoms with E-state index in [1.165, 1.54) is 36.3 Å². The number of hydrogen-bond donors (Lipinski definition) is 0. The first-order chi connectivity index (χ1) is 9.82. The van der Waals surface area contributed by atoms with Gasteiger partial charge in [-0.15, -0.1) is 0 Å². The predicted octanol–water partition coefficient (Wildman–Crippen LogP) is 3.51. The third-order valence-electron chi connectivity index (χ3n) is 2.99. The van der Waals surface area contributed by atoms with Gasteiger partial charge < -0.3 is 9.64 Å². The number of halogens is 3. The number of carbonyl (C=O) groups excluding carboxylic acids is 1. The largest absolute Gasteiger partial charge is 0.497 e. The highest BCUT2D eigenvalue weighted by Crippen LogP contribution is 2.27. The third-order valence-corrected chi connectivity index (χ3v) is 2.99. The molecule has 0 saturated heterocycles. The van der Waals surface area contributed by atoms with Gasteiger partial charge in [-0.3, -0.25) is 4.79 Å². The maximum absolute atomic E-state index is 12.7. The topological polar surface area (TPSA) is 29.5 Å². The summed E-state index contributed by atoms with van der Waals surface area (Å²) < 4.78 is 43.1. The number of carbonyl (C=O) groups is 1. The second-order valence-electron chi connectivity index (χ2n) is 4.31. The van der Waals surface area contributed by atoms with Gasteiger partial charge in [0.25, 0.3) is 5.91 Å². The minimum Gasteiger partial charge on any atom is -0.497 e. The Balaban J connectivity index is 3.25. The van der Waals surface area contributed by atoms with E-state index in [1.807, 2.05) is 0 Å². The van der Waals surface area contributed by atoms with Crippen LogP contribution in [0, 0.1) is 0 Å². The lowest BCUT2D eigenvalue weighted by Crippen LogP contribution is -2.31. The van der Waals surface area contributed by atoms with Crippen LogP contribution in [-0.4, -0.2) is 37.2 Å². The quantitative estimate of drug-likeness (QED) is 0.779. The van der Waals surface area contributed by atoms with Crippen LogP contribution in [0.2, 0.25) is 0 Å². The maximum atomic E-state index is 12.7. The second kappa shape index (κ2) is 7.15. The molecule has 0 saturated carbocycles. The number of benzene rings is 1. The fourth-order valence-corrected chi connectivity index (χ4v) is 1.88. The van der Waals surface area contributed by atoms with E-state index >= 15 is 0 Å². The highest BCUT2D eigenvalue weighted by Gasteiger charge is 2.29. The first kappa shape index (κ1) is 17.1. The van der Waals surface area contributed by atoms with Gasteiger partial charge in [0.1, 0.15) is 5.75 Å². The van der Waals surface area contributed by atoms with E-state index in [9.17, 15) is 18.0 Å². The van der Waals surface area contributed by atoms with Gasteiger partial charge in [0.15, 0.2) is 0 Å². The molecular weight excluding hydrogens is 283 g/mol. The van der Waals surface area contributed by atoms with Crippen molar-refractivity contribution in [3.8, 4) is 5.75 Å². The molecule has 6 heteroatoms. The molecule has 1 aromatic rings. The lowest BCUT2D eigenvalue weighted by Gasteiger charge is -2.21. The van der Waals surface area contributed by atoms with Gasteiger partial charge in [0.05, 0.1) is 12.7 Å². The van der Waals surface area contributed by atoms with Crippen molar-refractivity contribution in [2.75, 3.05) is 20.2 Å². The normalized spacial score (nSPS) is 12.2. The van der Waals surface area contributed by atoms with E-state index < -0.39 is 12.1 Å². The Bertz CT molecular complexity index is 503. The summed E-state index contributed by atoms with van der Waals surface area (Å²) in [4.78, 5) is 13.6. The molecule has 0 N–H and O–H groups in total. The first-order valence-electron chi connectivity index (χ1n) is 6.55. The first-order valence-corrected chi connectivity index (χ1v) is 6.55. The van der Waals surface area contributed by atoms with Crippen molar-refractivity contribution in [2.45, 2.75) is 20.0 Å². The predicted molar refractivity (Wildman–Crippen MR) is 75.0 cm³/mol. The number of hydrogen-bond acceptors (Lipinski definition) is 2. The van der Waals surface area contributed by atoms with E-state index in [2.05, 4.69) is 0 Å².